The van der Waals surface area contributed by atoms with Crippen molar-refractivity contribution in [2.45, 2.75) is 34.6 Å². The molecule has 10 aromatic rings. The molecule has 0 bridgehead atoms. The van der Waals surface area contributed by atoms with Gasteiger partial charge in [0.25, 0.3) is 0 Å². The summed E-state index contributed by atoms with van der Waals surface area (Å²) in [5.41, 5.74) is 20.2. The molecule has 296 valence electrons. The van der Waals surface area contributed by atoms with Crippen molar-refractivity contribution in [3.8, 4) is 39.1 Å². The summed E-state index contributed by atoms with van der Waals surface area (Å²) in [5, 5.41) is 19.6. The number of aryl methyl sites for hydroxylation is 5. The average molecular weight is 796 g/mol. The van der Waals surface area contributed by atoms with Crippen molar-refractivity contribution in [2.24, 2.45) is 0 Å². The number of rotatable bonds is 6. The van der Waals surface area contributed by atoms with Crippen LogP contribution in [0.5, 0.6) is 5.75 Å². The highest BCUT2D eigenvalue weighted by Crippen LogP contribution is 2.46. The number of anilines is 3. The highest BCUT2D eigenvalue weighted by atomic mass is 16.3. The molecule has 0 saturated carbocycles. The van der Waals surface area contributed by atoms with E-state index in [0.717, 1.165) is 50.1 Å². The van der Waals surface area contributed by atoms with Gasteiger partial charge in [-0.3, -0.25) is 0 Å². The molecule has 0 atom stereocenters. The number of hydrogen-bond donors (Lipinski definition) is 1. The Morgan fingerprint density at radius 3 is 1.82 bits per heavy atom. The normalized spacial score (nSPS) is 12.0. The van der Waals surface area contributed by atoms with Gasteiger partial charge in [0.1, 0.15) is 5.75 Å². The second-order valence-corrected chi connectivity index (χ2v) is 17.3. The Bertz CT molecular complexity index is 3420. The topological polar surface area (TPSA) is 23.5 Å². The monoisotopic (exact) mass is 795 g/mol. The molecule has 1 N–H and O–H groups in total. The molecule has 0 spiro atoms. The zero-order valence-corrected chi connectivity index (χ0v) is 35.8. The van der Waals surface area contributed by atoms with Crippen LogP contribution in [0.1, 0.15) is 27.8 Å². The van der Waals surface area contributed by atoms with Crippen LogP contribution in [0.25, 0.3) is 65.7 Å². The molecular formula is C59H46BNO. The molecule has 0 aromatic heterocycles. The van der Waals surface area contributed by atoms with Crippen molar-refractivity contribution in [1.29, 1.82) is 0 Å². The fraction of sp³-hybridized carbons (Fsp3) is 0.0847. The summed E-state index contributed by atoms with van der Waals surface area (Å²) >= 11 is 0. The summed E-state index contributed by atoms with van der Waals surface area (Å²) in [5.74, 6) is 0.238. The largest absolute Gasteiger partial charge is 0.507 e. The standard InChI is InChI=1S/C59H46BNO/c1-36-30-38(3)58(39(4)31-36)60-54-29-28-49(51-19-13-20-52(57(51)54)53-33-37(2)32-40(5)59(53)60)50-27-25-45(35-56(50)62)61(55-21-12-11-18-48(55)41-14-7-6-8-15-41)44-24-26-47-43(34-44)23-22-42-16-9-10-17-46(42)47/h6-35,62H,1-5H3. The van der Waals surface area contributed by atoms with Gasteiger partial charge in [0.2, 0.25) is 6.71 Å². The number of hydrogen-bond acceptors (Lipinski definition) is 2. The van der Waals surface area contributed by atoms with Crippen LogP contribution in [-0.2, 0) is 0 Å². The smallest absolute Gasteiger partial charge is 0.243 e. The summed E-state index contributed by atoms with van der Waals surface area (Å²) in [6.07, 6.45) is 0. The predicted molar refractivity (Wildman–Crippen MR) is 266 cm³/mol. The lowest BCUT2D eigenvalue weighted by atomic mass is 9.32. The average Bonchev–Trinajstić information content (AvgIpc) is 3.28. The van der Waals surface area contributed by atoms with Crippen LogP contribution in [0.15, 0.2) is 182 Å². The Hall–Kier alpha value is -7.36. The molecule has 62 heavy (non-hydrogen) atoms. The molecule has 0 unspecified atom stereocenters. The van der Waals surface area contributed by atoms with Crippen LogP contribution in [-0.4, -0.2) is 11.8 Å². The fourth-order valence-electron chi connectivity index (χ4n) is 10.8. The second kappa shape index (κ2) is 14.7. The van der Waals surface area contributed by atoms with E-state index < -0.39 is 0 Å². The SMILES string of the molecule is Cc1cc(C)c(B2c3c(C)cc(C)cc3-c3cccc4c(-c5ccc(N(c6ccc7c(ccc8ccccc87)c6)c6ccccc6-c6ccccc6)cc5O)ccc2c34)c(C)c1. The van der Waals surface area contributed by atoms with Crippen LogP contribution in [0, 0.1) is 34.6 Å². The van der Waals surface area contributed by atoms with Gasteiger partial charge in [-0.25, -0.2) is 0 Å². The van der Waals surface area contributed by atoms with Crippen LogP contribution >= 0.6 is 0 Å². The highest BCUT2D eigenvalue weighted by Gasteiger charge is 2.35. The Labute approximate surface area is 364 Å². The van der Waals surface area contributed by atoms with Gasteiger partial charge >= 0.3 is 0 Å². The summed E-state index contributed by atoms with van der Waals surface area (Å²) < 4.78 is 0. The van der Waals surface area contributed by atoms with Crippen molar-refractivity contribution in [1.82, 2.24) is 0 Å². The maximum atomic E-state index is 12.4. The number of phenols is 1. The van der Waals surface area contributed by atoms with Gasteiger partial charge in [0, 0.05) is 28.6 Å². The van der Waals surface area contributed by atoms with Crippen molar-refractivity contribution in [3.63, 3.8) is 0 Å². The molecular weight excluding hydrogens is 749 g/mol. The van der Waals surface area contributed by atoms with Gasteiger partial charge in [-0.05, 0) is 120 Å². The van der Waals surface area contributed by atoms with Gasteiger partial charge in [0.15, 0.2) is 0 Å². The van der Waals surface area contributed by atoms with E-state index in [-0.39, 0.29) is 12.5 Å². The summed E-state index contributed by atoms with van der Waals surface area (Å²) in [6, 6.07) is 65.7. The van der Waals surface area contributed by atoms with E-state index in [1.165, 1.54) is 76.9 Å². The Morgan fingerprint density at radius 1 is 0.403 bits per heavy atom. The third-order valence-electron chi connectivity index (χ3n) is 13.3. The first-order valence-corrected chi connectivity index (χ1v) is 21.7. The lowest BCUT2D eigenvalue weighted by Gasteiger charge is -2.32. The second-order valence-electron chi connectivity index (χ2n) is 17.3. The van der Waals surface area contributed by atoms with Gasteiger partial charge in [-0.1, -0.05) is 190 Å². The summed E-state index contributed by atoms with van der Waals surface area (Å²) in [4.78, 5) is 2.29. The number of aromatic hydroxyl groups is 1. The van der Waals surface area contributed by atoms with Crippen molar-refractivity contribution < 1.29 is 5.11 Å². The molecule has 3 heteroatoms. The molecule has 10 aromatic carbocycles. The lowest BCUT2D eigenvalue weighted by Crippen LogP contribution is -2.57. The molecule has 1 heterocycles. The molecule has 0 radical (unpaired) electrons. The van der Waals surface area contributed by atoms with Gasteiger partial charge in [-0.2, -0.15) is 0 Å². The third-order valence-corrected chi connectivity index (χ3v) is 13.3. The molecule has 0 amide bonds. The molecule has 0 fully saturated rings. The zero-order chi connectivity index (χ0) is 42.2. The summed E-state index contributed by atoms with van der Waals surface area (Å²) in [6.45, 7) is 11.3. The minimum atomic E-state index is 0.0896. The van der Waals surface area contributed by atoms with Crippen molar-refractivity contribution in [2.75, 3.05) is 4.90 Å². The van der Waals surface area contributed by atoms with Gasteiger partial charge in [0.05, 0.1) is 5.69 Å². The number of nitrogens with zero attached hydrogens (tertiary/aromatic N) is 1. The number of fused-ring (bicyclic) bond motifs is 5. The quantitative estimate of drug-likeness (QED) is 0.134. The van der Waals surface area contributed by atoms with E-state index in [1.54, 1.807) is 0 Å². The van der Waals surface area contributed by atoms with E-state index in [0.29, 0.717) is 0 Å². The third kappa shape index (κ3) is 6.03. The van der Waals surface area contributed by atoms with E-state index in [4.69, 9.17) is 0 Å². The Morgan fingerprint density at radius 2 is 1.02 bits per heavy atom. The van der Waals surface area contributed by atoms with E-state index in [2.05, 4.69) is 215 Å². The summed E-state index contributed by atoms with van der Waals surface area (Å²) in [7, 11) is 0. The Kier molecular flexibility index (Phi) is 8.91. The first kappa shape index (κ1) is 37.6. The minimum Gasteiger partial charge on any atom is -0.507 e. The van der Waals surface area contributed by atoms with E-state index >= 15 is 0 Å². The van der Waals surface area contributed by atoms with Crippen LogP contribution in [0.2, 0.25) is 0 Å². The molecule has 1 aliphatic heterocycles. The van der Waals surface area contributed by atoms with E-state index in [9.17, 15) is 5.11 Å². The molecule has 1 aliphatic rings. The minimum absolute atomic E-state index is 0.0896. The van der Waals surface area contributed by atoms with Gasteiger partial charge < -0.3 is 10.0 Å². The van der Waals surface area contributed by atoms with Crippen LogP contribution in [0.4, 0.5) is 17.1 Å². The van der Waals surface area contributed by atoms with Crippen molar-refractivity contribution in [3.05, 3.63) is 210 Å². The first-order valence-electron chi connectivity index (χ1n) is 21.7. The van der Waals surface area contributed by atoms with Crippen LogP contribution < -0.4 is 21.3 Å². The van der Waals surface area contributed by atoms with E-state index in [1.807, 2.05) is 6.07 Å². The molecule has 11 rings (SSSR count). The predicted octanol–water partition coefficient (Wildman–Crippen LogP) is 13.7. The number of phenolic OH excluding ortho intramolecular Hbond substituents is 1. The first-order chi connectivity index (χ1) is 30.2. The zero-order valence-electron chi connectivity index (χ0n) is 35.8. The molecule has 0 saturated heterocycles. The van der Waals surface area contributed by atoms with Crippen molar-refractivity contribution >= 4 is 72.5 Å². The molecule has 0 aliphatic carbocycles. The fourth-order valence-corrected chi connectivity index (χ4v) is 10.8. The van der Waals surface area contributed by atoms with Gasteiger partial charge in [-0.15, -0.1) is 0 Å². The lowest BCUT2D eigenvalue weighted by molar-refractivity contribution is 0.477. The maximum absolute atomic E-state index is 12.4. The molecule has 2 nitrogen and oxygen atoms in total. The highest BCUT2D eigenvalue weighted by molar-refractivity contribution is 6.99. The Balaban J connectivity index is 1.10. The maximum Gasteiger partial charge on any atom is 0.243 e. The number of para-hydroxylation sites is 1. The van der Waals surface area contributed by atoms with Crippen LogP contribution in [0.3, 0.4) is 0 Å². The number of benzene rings is 10.